The zero-order valence-electron chi connectivity index (χ0n) is 7.14. The minimum Gasteiger partial charge on any atom is -0.140 e. The van der Waals surface area contributed by atoms with E-state index in [4.69, 9.17) is 33.8 Å². The first-order valence-electron chi connectivity index (χ1n) is 4.16. The molecule has 0 nitrogen and oxygen atoms in total. The van der Waals surface area contributed by atoms with Crippen LogP contribution in [0.4, 0.5) is 0 Å². The fourth-order valence-electron chi connectivity index (χ4n) is 1.12. The molecule has 0 amide bonds. The minimum absolute atomic E-state index is 0.626. The maximum atomic E-state index is 6.29. The van der Waals surface area contributed by atoms with Crippen molar-refractivity contribution in [3.05, 3.63) is 30.3 Å². The Hall–Kier alpha value is 0.307. The zero-order valence-corrected chi connectivity index (χ0v) is 10.4. The van der Waals surface area contributed by atoms with E-state index in [9.17, 15) is 0 Å². The van der Waals surface area contributed by atoms with Crippen molar-refractivity contribution in [2.45, 2.75) is 12.5 Å². The van der Waals surface area contributed by atoms with Gasteiger partial charge in [0.1, 0.15) is 0 Å². The number of alkyl halides is 1. The number of benzene rings is 1. The van der Waals surface area contributed by atoms with Crippen molar-refractivity contribution in [1.29, 1.82) is 0 Å². The number of rotatable bonds is 4. The van der Waals surface area contributed by atoms with Crippen LogP contribution in [-0.2, 0) is 0 Å². The first-order chi connectivity index (χ1) is 6.17. The molecule has 1 rings (SSSR count). The van der Waals surface area contributed by atoms with Crippen LogP contribution in [0.5, 0.6) is 0 Å². The summed E-state index contributed by atoms with van der Waals surface area (Å²) >= 11 is 18.2. The maximum Gasteiger partial charge on any atom is 0.280 e. The Labute approximate surface area is 94.2 Å². The van der Waals surface area contributed by atoms with Crippen molar-refractivity contribution in [2.75, 3.05) is 5.88 Å². The third-order valence-electron chi connectivity index (χ3n) is 1.82. The summed E-state index contributed by atoms with van der Waals surface area (Å²) in [6.07, 6.45) is 0.885. The zero-order chi connectivity index (χ0) is 9.73. The Kier molecular flexibility index (Phi) is 4.60. The van der Waals surface area contributed by atoms with Gasteiger partial charge in [-0.05, 0) is 17.7 Å². The van der Waals surface area contributed by atoms with E-state index in [0.717, 1.165) is 17.7 Å². The second-order valence-electron chi connectivity index (χ2n) is 2.86. The van der Waals surface area contributed by atoms with Crippen molar-refractivity contribution < 1.29 is 0 Å². The quantitative estimate of drug-likeness (QED) is 0.438. The van der Waals surface area contributed by atoms with Crippen molar-refractivity contribution in [2.24, 2.45) is 0 Å². The van der Waals surface area contributed by atoms with Crippen LogP contribution in [0.1, 0.15) is 6.42 Å². The predicted molar refractivity (Wildman–Crippen MR) is 63.7 cm³/mol. The van der Waals surface area contributed by atoms with Crippen LogP contribution in [0.15, 0.2) is 30.3 Å². The SMILES string of the molecule is ClCCC[Si](Cl)(Cl)c1ccccc1. The standard InChI is InChI=1S/C9H11Cl3Si/c10-7-4-8-13(11,12)9-5-2-1-3-6-9/h1-3,5-6H,4,7-8H2. The molecule has 0 heterocycles. The highest BCUT2D eigenvalue weighted by molar-refractivity contribution is 7.50. The second-order valence-corrected chi connectivity index (χ2v) is 10.2. The van der Waals surface area contributed by atoms with E-state index >= 15 is 0 Å². The Bertz CT molecular complexity index is 248. The van der Waals surface area contributed by atoms with Gasteiger partial charge < -0.3 is 0 Å². The van der Waals surface area contributed by atoms with Crippen molar-refractivity contribution >= 4 is 45.6 Å². The van der Waals surface area contributed by atoms with Gasteiger partial charge in [-0.3, -0.25) is 0 Å². The molecular formula is C9H11Cl3Si. The predicted octanol–water partition coefficient (Wildman–Crippen LogP) is 3.44. The molecule has 0 N–H and O–H groups in total. The lowest BCUT2D eigenvalue weighted by Gasteiger charge is -2.15. The van der Waals surface area contributed by atoms with Crippen LogP contribution in [0.25, 0.3) is 0 Å². The first-order valence-corrected chi connectivity index (χ1v) is 8.92. The van der Waals surface area contributed by atoms with Gasteiger partial charge in [-0.15, -0.1) is 33.8 Å². The molecule has 0 spiro atoms. The van der Waals surface area contributed by atoms with E-state index < -0.39 is 6.69 Å². The summed E-state index contributed by atoms with van der Waals surface area (Å²) in [6.45, 7) is -2.24. The highest BCUT2D eigenvalue weighted by atomic mass is 35.7. The summed E-state index contributed by atoms with van der Waals surface area (Å²) in [7, 11) is 0. The van der Waals surface area contributed by atoms with Crippen LogP contribution >= 0.6 is 33.8 Å². The highest BCUT2D eigenvalue weighted by Crippen LogP contribution is 2.22. The van der Waals surface area contributed by atoms with Gasteiger partial charge in [-0.2, -0.15) is 0 Å². The molecule has 0 aromatic heterocycles. The smallest absolute Gasteiger partial charge is 0.140 e. The molecule has 0 aliphatic heterocycles. The number of hydrogen-bond acceptors (Lipinski definition) is 0. The van der Waals surface area contributed by atoms with Crippen LogP contribution in [0.2, 0.25) is 6.04 Å². The highest BCUT2D eigenvalue weighted by Gasteiger charge is 2.29. The molecule has 72 valence electrons. The number of hydrogen-bond donors (Lipinski definition) is 0. The van der Waals surface area contributed by atoms with Crippen LogP contribution in [0.3, 0.4) is 0 Å². The van der Waals surface area contributed by atoms with Gasteiger partial charge in [-0.1, -0.05) is 30.3 Å². The normalized spacial score (nSPS) is 11.6. The molecule has 1 aromatic carbocycles. The molecule has 0 aliphatic carbocycles. The van der Waals surface area contributed by atoms with Gasteiger partial charge in [0, 0.05) is 5.88 Å². The van der Waals surface area contributed by atoms with Gasteiger partial charge in [0.2, 0.25) is 0 Å². The van der Waals surface area contributed by atoms with E-state index in [-0.39, 0.29) is 0 Å². The van der Waals surface area contributed by atoms with Crippen LogP contribution in [0, 0.1) is 0 Å². The van der Waals surface area contributed by atoms with Crippen LogP contribution < -0.4 is 5.19 Å². The Balaban J connectivity index is 2.69. The third-order valence-corrected chi connectivity index (χ3v) is 6.69. The molecule has 0 aliphatic rings. The molecule has 0 radical (unpaired) electrons. The average Bonchev–Trinajstić information content (AvgIpc) is 2.16. The summed E-state index contributed by atoms with van der Waals surface area (Å²) in [6, 6.07) is 10.7. The minimum atomic E-state index is -2.24. The average molecular weight is 254 g/mol. The molecule has 1 aromatic rings. The lowest BCUT2D eigenvalue weighted by Crippen LogP contribution is -2.36. The summed E-state index contributed by atoms with van der Waals surface area (Å²) in [4.78, 5) is 0. The van der Waals surface area contributed by atoms with E-state index in [1.165, 1.54) is 0 Å². The van der Waals surface area contributed by atoms with E-state index in [2.05, 4.69) is 0 Å². The molecule has 0 unspecified atom stereocenters. The van der Waals surface area contributed by atoms with Gasteiger partial charge in [0.25, 0.3) is 6.69 Å². The number of halogens is 3. The Morgan fingerprint density at radius 2 is 1.69 bits per heavy atom. The van der Waals surface area contributed by atoms with Crippen molar-refractivity contribution in [3.8, 4) is 0 Å². The lowest BCUT2D eigenvalue weighted by molar-refractivity contribution is 1.08. The third kappa shape index (κ3) is 3.51. The summed E-state index contributed by atoms with van der Waals surface area (Å²) in [5.41, 5.74) is 0. The molecule has 0 fully saturated rings. The molecule has 0 atom stereocenters. The topological polar surface area (TPSA) is 0 Å². The largest absolute Gasteiger partial charge is 0.280 e. The molecule has 0 saturated carbocycles. The molecule has 0 bridgehead atoms. The van der Waals surface area contributed by atoms with E-state index in [1.807, 2.05) is 30.3 Å². The molecule has 0 saturated heterocycles. The molecule has 13 heavy (non-hydrogen) atoms. The van der Waals surface area contributed by atoms with Gasteiger partial charge in [-0.25, -0.2) is 0 Å². The Morgan fingerprint density at radius 3 is 2.23 bits per heavy atom. The summed E-state index contributed by atoms with van der Waals surface area (Å²) in [5, 5.41) is 1.07. The fourth-order valence-corrected chi connectivity index (χ4v) is 4.62. The molecular weight excluding hydrogens is 243 g/mol. The second kappa shape index (κ2) is 5.25. The van der Waals surface area contributed by atoms with Crippen molar-refractivity contribution in [3.63, 3.8) is 0 Å². The van der Waals surface area contributed by atoms with E-state index in [1.54, 1.807) is 0 Å². The van der Waals surface area contributed by atoms with Gasteiger partial charge in [0.15, 0.2) is 0 Å². The molecule has 4 heteroatoms. The van der Waals surface area contributed by atoms with Gasteiger partial charge in [0.05, 0.1) is 0 Å². The fraction of sp³-hybridized carbons (Fsp3) is 0.333. The Morgan fingerprint density at radius 1 is 1.08 bits per heavy atom. The van der Waals surface area contributed by atoms with Crippen molar-refractivity contribution in [1.82, 2.24) is 0 Å². The lowest BCUT2D eigenvalue weighted by atomic mass is 10.4. The van der Waals surface area contributed by atoms with E-state index in [0.29, 0.717) is 5.88 Å². The first kappa shape index (κ1) is 11.4. The monoisotopic (exact) mass is 252 g/mol. The van der Waals surface area contributed by atoms with Crippen LogP contribution in [-0.4, -0.2) is 12.6 Å². The van der Waals surface area contributed by atoms with Gasteiger partial charge >= 0.3 is 0 Å². The summed E-state index contributed by atoms with van der Waals surface area (Å²) in [5.74, 6) is 0.626. The summed E-state index contributed by atoms with van der Waals surface area (Å²) < 4.78 is 0. The maximum absolute atomic E-state index is 6.29.